The molecule has 0 aliphatic rings. The first-order chi connectivity index (χ1) is 9.23. The van der Waals surface area contributed by atoms with Gasteiger partial charge in [0.05, 0.1) is 5.56 Å². The van der Waals surface area contributed by atoms with Crippen LogP contribution in [0, 0.1) is 11.3 Å². The summed E-state index contributed by atoms with van der Waals surface area (Å²) in [7, 11) is 0. The number of esters is 1. The molecule has 0 bridgehead atoms. The molecule has 104 valence electrons. The quantitative estimate of drug-likeness (QED) is 0.519. The highest BCUT2D eigenvalue weighted by Gasteiger charge is 2.19. The largest absolute Gasteiger partial charge is 0.478 e. The third-order valence-corrected chi connectivity index (χ3v) is 2.21. The van der Waals surface area contributed by atoms with Crippen LogP contribution in [0.2, 0.25) is 0 Å². The van der Waals surface area contributed by atoms with Crippen LogP contribution >= 0.6 is 0 Å². The normalized spacial score (nSPS) is 11.6. The number of hydrogen-bond acceptors (Lipinski definition) is 4. The molecule has 1 aromatic rings. The van der Waals surface area contributed by atoms with Crippen LogP contribution in [0.25, 0.3) is 6.08 Å². The Morgan fingerprint density at radius 1 is 1.25 bits per heavy atom. The zero-order valence-electron chi connectivity index (χ0n) is 11.5. The topological polar surface area (TPSA) is 87.4 Å². The molecule has 5 nitrogen and oxygen atoms in total. The highest BCUT2D eigenvalue weighted by Crippen LogP contribution is 2.14. The van der Waals surface area contributed by atoms with E-state index < -0.39 is 17.5 Å². The lowest BCUT2D eigenvalue weighted by molar-refractivity contribution is -0.149. The molecule has 0 aliphatic heterocycles. The zero-order chi connectivity index (χ0) is 15.3. The molecular formula is C15H15NO4. The maximum atomic E-state index is 11.8. The molecule has 0 aliphatic carbocycles. The second-order valence-electron chi connectivity index (χ2n) is 5.10. The molecule has 20 heavy (non-hydrogen) atoms. The van der Waals surface area contributed by atoms with Gasteiger partial charge in [-0.15, -0.1) is 0 Å². The van der Waals surface area contributed by atoms with Crippen molar-refractivity contribution in [3.63, 3.8) is 0 Å². The molecule has 1 rings (SSSR count). The number of nitriles is 1. The number of ether oxygens (including phenoxy) is 1. The highest BCUT2D eigenvalue weighted by molar-refractivity contribution is 5.98. The minimum absolute atomic E-state index is 0.136. The predicted molar refractivity (Wildman–Crippen MR) is 72.8 cm³/mol. The van der Waals surface area contributed by atoms with Crippen LogP contribution in [0.3, 0.4) is 0 Å². The van der Waals surface area contributed by atoms with E-state index in [4.69, 9.17) is 15.1 Å². The van der Waals surface area contributed by atoms with Crippen LogP contribution in [0.4, 0.5) is 0 Å². The number of carboxylic acids is 1. The molecule has 0 amide bonds. The minimum Gasteiger partial charge on any atom is -0.478 e. The summed E-state index contributed by atoms with van der Waals surface area (Å²) in [4.78, 5) is 22.5. The Labute approximate surface area is 117 Å². The number of carbonyl (C=O) groups excluding carboxylic acids is 1. The van der Waals surface area contributed by atoms with Crippen LogP contribution in [0.1, 0.15) is 36.7 Å². The van der Waals surface area contributed by atoms with E-state index >= 15 is 0 Å². The van der Waals surface area contributed by atoms with Crippen molar-refractivity contribution in [3.8, 4) is 6.07 Å². The molecule has 0 atom stereocenters. The summed E-state index contributed by atoms with van der Waals surface area (Å²) in [6.07, 6.45) is 1.36. The lowest BCUT2D eigenvalue weighted by atomic mass is 10.1. The third kappa shape index (κ3) is 4.58. The Morgan fingerprint density at radius 3 is 2.20 bits per heavy atom. The van der Waals surface area contributed by atoms with Crippen LogP contribution in [0.15, 0.2) is 29.8 Å². The summed E-state index contributed by atoms with van der Waals surface area (Å²) in [6, 6.07) is 7.62. The molecule has 0 aromatic heterocycles. The molecule has 0 saturated carbocycles. The van der Waals surface area contributed by atoms with Gasteiger partial charge in [0, 0.05) is 0 Å². The van der Waals surface area contributed by atoms with Crippen molar-refractivity contribution in [1.29, 1.82) is 5.26 Å². The number of hydrogen-bond donors (Lipinski definition) is 1. The van der Waals surface area contributed by atoms with Crippen LogP contribution in [-0.2, 0) is 9.53 Å². The number of benzene rings is 1. The number of aromatic carboxylic acids is 1. The third-order valence-electron chi connectivity index (χ3n) is 2.21. The summed E-state index contributed by atoms with van der Waals surface area (Å²) in [5, 5.41) is 17.8. The number of carbonyl (C=O) groups is 2. The first-order valence-corrected chi connectivity index (χ1v) is 5.91. The molecule has 0 saturated heterocycles. The first-order valence-electron chi connectivity index (χ1n) is 5.91. The van der Waals surface area contributed by atoms with Crippen molar-refractivity contribution in [3.05, 3.63) is 41.0 Å². The van der Waals surface area contributed by atoms with Crippen molar-refractivity contribution in [2.24, 2.45) is 0 Å². The minimum atomic E-state index is -1.03. The van der Waals surface area contributed by atoms with Gasteiger partial charge >= 0.3 is 11.9 Å². The van der Waals surface area contributed by atoms with E-state index in [2.05, 4.69) is 0 Å². The summed E-state index contributed by atoms with van der Waals surface area (Å²) < 4.78 is 5.10. The standard InChI is InChI=1S/C15H15NO4/c1-15(2,3)20-14(19)12(9-16)8-10-4-6-11(7-5-10)13(17)18/h4-8H,1-3H3,(H,17,18). The van der Waals surface area contributed by atoms with Crippen LogP contribution in [0.5, 0.6) is 0 Å². The zero-order valence-corrected chi connectivity index (χ0v) is 11.5. The number of nitrogens with zero attached hydrogens (tertiary/aromatic N) is 1. The van der Waals surface area contributed by atoms with E-state index in [0.717, 1.165) is 0 Å². The molecular weight excluding hydrogens is 258 g/mol. The highest BCUT2D eigenvalue weighted by atomic mass is 16.6. The molecule has 1 N–H and O–H groups in total. The molecule has 0 heterocycles. The second-order valence-corrected chi connectivity index (χ2v) is 5.10. The van der Waals surface area contributed by atoms with Crippen LogP contribution in [-0.4, -0.2) is 22.6 Å². The maximum absolute atomic E-state index is 11.8. The average molecular weight is 273 g/mol. The van der Waals surface area contributed by atoms with Crippen molar-refractivity contribution >= 4 is 18.0 Å². The van der Waals surface area contributed by atoms with Crippen molar-refractivity contribution < 1.29 is 19.4 Å². The monoisotopic (exact) mass is 273 g/mol. The fraction of sp³-hybridized carbons (Fsp3) is 0.267. The lowest BCUT2D eigenvalue weighted by Crippen LogP contribution is -2.24. The van der Waals surface area contributed by atoms with Gasteiger partial charge in [-0.1, -0.05) is 12.1 Å². The van der Waals surface area contributed by atoms with E-state index in [0.29, 0.717) is 5.56 Å². The Kier molecular flexibility index (Phi) is 4.65. The fourth-order valence-electron chi connectivity index (χ4n) is 1.36. The van der Waals surface area contributed by atoms with Gasteiger partial charge in [0.25, 0.3) is 0 Å². The average Bonchev–Trinajstić information content (AvgIpc) is 2.34. The predicted octanol–water partition coefficient (Wildman–Crippen LogP) is 2.63. The summed E-state index contributed by atoms with van der Waals surface area (Å²) in [5.74, 6) is -1.74. The van der Waals surface area contributed by atoms with Crippen molar-refractivity contribution in [1.82, 2.24) is 0 Å². The SMILES string of the molecule is CC(C)(C)OC(=O)C(C#N)=Cc1ccc(C(=O)O)cc1. The Morgan fingerprint density at radius 2 is 1.80 bits per heavy atom. The lowest BCUT2D eigenvalue weighted by Gasteiger charge is -2.18. The summed E-state index contributed by atoms with van der Waals surface area (Å²) in [6.45, 7) is 5.13. The van der Waals surface area contributed by atoms with Gasteiger partial charge in [0.1, 0.15) is 17.2 Å². The fourth-order valence-corrected chi connectivity index (χ4v) is 1.36. The van der Waals surface area contributed by atoms with E-state index in [1.807, 2.05) is 0 Å². The molecule has 0 spiro atoms. The molecule has 0 unspecified atom stereocenters. The van der Waals surface area contributed by atoms with Gasteiger partial charge in [-0.25, -0.2) is 9.59 Å². The number of rotatable bonds is 3. The van der Waals surface area contributed by atoms with Crippen LogP contribution < -0.4 is 0 Å². The van der Waals surface area contributed by atoms with Gasteiger partial charge in [-0.2, -0.15) is 5.26 Å². The van der Waals surface area contributed by atoms with E-state index in [-0.39, 0.29) is 11.1 Å². The van der Waals surface area contributed by atoms with E-state index in [1.54, 1.807) is 26.8 Å². The Hall–Kier alpha value is -2.61. The Balaban J connectivity index is 2.98. The van der Waals surface area contributed by atoms with Gasteiger partial charge in [0.15, 0.2) is 0 Å². The molecule has 5 heteroatoms. The smallest absolute Gasteiger partial charge is 0.349 e. The second kappa shape index (κ2) is 6.02. The summed E-state index contributed by atoms with van der Waals surface area (Å²) >= 11 is 0. The van der Waals surface area contributed by atoms with Gasteiger partial charge in [-0.05, 0) is 44.5 Å². The molecule has 0 radical (unpaired) electrons. The first kappa shape index (κ1) is 15.4. The number of carboxylic acid groups (broad SMARTS) is 1. The van der Waals surface area contributed by atoms with Crippen molar-refractivity contribution in [2.75, 3.05) is 0 Å². The van der Waals surface area contributed by atoms with Gasteiger partial charge in [0.2, 0.25) is 0 Å². The Bertz CT molecular complexity index is 586. The maximum Gasteiger partial charge on any atom is 0.349 e. The molecule has 0 fully saturated rings. The van der Waals surface area contributed by atoms with Crippen molar-refractivity contribution in [2.45, 2.75) is 26.4 Å². The van der Waals surface area contributed by atoms with Gasteiger partial charge < -0.3 is 9.84 Å². The van der Waals surface area contributed by atoms with E-state index in [9.17, 15) is 9.59 Å². The van der Waals surface area contributed by atoms with E-state index in [1.165, 1.54) is 30.3 Å². The molecule has 1 aromatic carbocycles. The summed E-state index contributed by atoms with van der Waals surface area (Å²) in [5.41, 5.74) is -0.126. The van der Waals surface area contributed by atoms with Gasteiger partial charge in [-0.3, -0.25) is 0 Å².